The molecule has 0 radical (unpaired) electrons. The summed E-state index contributed by atoms with van der Waals surface area (Å²) in [6, 6.07) is 4.65. The van der Waals surface area contributed by atoms with Crippen LogP contribution in [0.4, 0.5) is 15.9 Å². The first-order valence-corrected chi connectivity index (χ1v) is 6.31. The van der Waals surface area contributed by atoms with Crippen LogP contribution < -0.4 is 5.32 Å². The van der Waals surface area contributed by atoms with Gasteiger partial charge in [0.1, 0.15) is 11.6 Å². The van der Waals surface area contributed by atoms with Gasteiger partial charge in [0, 0.05) is 0 Å². The smallest absolute Gasteiger partial charge is 0.358 e. The number of anilines is 2. The van der Waals surface area contributed by atoms with Crippen molar-refractivity contribution in [3.8, 4) is 0 Å². The highest BCUT2D eigenvalue weighted by atomic mass is 127. The maximum absolute atomic E-state index is 13.4. The average Bonchev–Trinajstić information content (AvgIpc) is 2.43. The van der Waals surface area contributed by atoms with E-state index >= 15 is 0 Å². The first kappa shape index (κ1) is 13.7. The number of carbonyl (C=O) groups is 1. The molecule has 5 nitrogen and oxygen atoms in total. The molecule has 7 heteroatoms. The second-order valence-corrected chi connectivity index (χ2v) is 4.59. The van der Waals surface area contributed by atoms with Gasteiger partial charge < -0.3 is 10.1 Å². The van der Waals surface area contributed by atoms with Gasteiger partial charge in [-0.1, -0.05) is 6.07 Å². The number of halogens is 2. The lowest BCUT2D eigenvalue weighted by Crippen LogP contribution is -2.07. The highest BCUT2D eigenvalue weighted by Crippen LogP contribution is 2.23. The number of hydrogen-bond donors (Lipinski definition) is 1. The fraction of sp³-hybridized carbons (Fsp3) is 0.0833. The normalized spacial score (nSPS) is 10.1. The molecule has 0 saturated carbocycles. The van der Waals surface area contributed by atoms with Gasteiger partial charge in [-0.2, -0.15) is 0 Å². The van der Waals surface area contributed by atoms with Crippen molar-refractivity contribution in [2.75, 3.05) is 12.4 Å². The Kier molecular flexibility index (Phi) is 4.25. The summed E-state index contributed by atoms with van der Waals surface area (Å²) in [6.45, 7) is 0. The molecule has 2 rings (SSSR count). The zero-order chi connectivity index (χ0) is 13.8. The topological polar surface area (TPSA) is 64.1 Å². The molecule has 1 aromatic carbocycles. The van der Waals surface area contributed by atoms with Crippen LogP contribution in [0.1, 0.15) is 10.5 Å². The minimum Gasteiger partial charge on any atom is -0.464 e. The van der Waals surface area contributed by atoms with E-state index in [4.69, 9.17) is 0 Å². The summed E-state index contributed by atoms with van der Waals surface area (Å²) in [5.74, 6) is -0.570. The number of aromatic nitrogens is 2. The van der Waals surface area contributed by atoms with Gasteiger partial charge in [0.15, 0.2) is 5.69 Å². The number of methoxy groups -OCH3 is 1. The molecule has 1 N–H and O–H groups in total. The number of benzene rings is 1. The van der Waals surface area contributed by atoms with Crippen LogP contribution in [0.3, 0.4) is 0 Å². The Morgan fingerprint density at radius 3 is 2.95 bits per heavy atom. The molecule has 0 aliphatic carbocycles. The Bertz CT molecular complexity index is 622. The van der Waals surface area contributed by atoms with E-state index in [-0.39, 0.29) is 11.5 Å². The van der Waals surface area contributed by atoms with Crippen LogP contribution in [0.15, 0.2) is 30.6 Å². The number of nitrogens with zero attached hydrogens (tertiary/aromatic N) is 2. The Hall–Kier alpha value is -1.77. The molecule has 1 aromatic heterocycles. The number of carbonyl (C=O) groups excluding carboxylic acids is 1. The molecular formula is C12H9FIN3O2. The standard InChI is InChI=1S/C12H9FIN3O2/c1-19-12(18)9-5-15-6-10(17-9)16-8-4-2-3-7(13)11(8)14/h2-6H,1H3,(H,16,17). The third-order valence-electron chi connectivity index (χ3n) is 2.24. The molecule has 0 fully saturated rings. The van der Waals surface area contributed by atoms with Gasteiger partial charge in [0.2, 0.25) is 0 Å². The molecule has 0 spiro atoms. The third kappa shape index (κ3) is 3.16. The van der Waals surface area contributed by atoms with E-state index in [0.717, 1.165) is 0 Å². The molecule has 0 aliphatic rings. The van der Waals surface area contributed by atoms with Crippen LogP contribution in [0.2, 0.25) is 0 Å². The Balaban J connectivity index is 2.28. The zero-order valence-electron chi connectivity index (χ0n) is 9.85. The lowest BCUT2D eigenvalue weighted by atomic mass is 10.3. The molecule has 98 valence electrons. The summed E-state index contributed by atoms with van der Waals surface area (Å²) >= 11 is 1.88. The van der Waals surface area contributed by atoms with Gasteiger partial charge in [0.05, 0.1) is 28.8 Å². The number of nitrogens with one attached hydrogen (secondary N) is 1. The van der Waals surface area contributed by atoms with Crippen molar-refractivity contribution < 1.29 is 13.9 Å². The minimum absolute atomic E-state index is 0.0823. The summed E-state index contributed by atoms with van der Waals surface area (Å²) in [5, 5.41) is 2.90. The van der Waals surface area contributed by atoms with E-state index in [9.17, 15) is 9.18 Å². The van der Waals surface area contributed by atoms with E-state index in [1.807, 2.05) is 22.6 Å². The van der Waals surface area contributed by atoms with Gasteiger partial charge in [-0.05, 0) is 34.7 Å². The maximum atomic E-state index is 13.4. The first-order valence-electron chi connectivity index (χ1n) is 5.23. The molecule has 0 bridgehead atoms. The van der Waals surface area contributed by atoms with Gasteiger partial charge in [-0.3, -0.25) is 4.98 Å². The van der Waals surface area contributed by atoms with E-state index in [1.165, 1.54) is 25.6 Å². The summed E-state index contributed by atoms with van der Waals surface area (Å²) in [4.78, 5) is 19.2. The summed E-state index contributed by atoms with van der Waals surface area (Å²) in [7, 11) is 1.26. The SMILES string of the molecule is COC(=O)c1cncc(Nc2cccc(F)c2I)n1. The van der Waals surface area contributed by atoms with Crippen molar-refractivity contribution in [3.63, 3.8) is 0 Å². The molecule has 19 heavy (non-hydrogen) atoms. The van der Waals surface area contributed by atoms with Crippen LogP contribution >= 0.6 is 22.6 Å². The number of esters is 1. The number of ether oxygens (including phenoxy) is 1. The average molecular weight is 373 g/mol. The summed E-state index contributed by atoms with van der Waals surface area (Å²) < 4.78 is 18.4. The van der Waals surface area contributed by atoms with Crippen molar-refractivity contribution in [1.29, 1.82) is 0 Å². The summed E-state index contributed by atoms with van der Waals surface area (Å²) in [6.07, 6.45) is 2.74. The van der Waals surface area contributed by atoms with E-state index < -0.39 is 5.97 Å². The summed E-state index contributed by atoms with van der Waals surface area (Å²) in [5.41, 5.74) is 0.635. The second-order valence-electron chi connectivity index (χ2n) is 3.51. The monoisotopic (exact) mass is 373 g/mol. The number of hydrogen-bond acceptors (Lipinski definition) is 5. The van der Waals surface area contributed by atoms with Gasteiger partial charge in [-0.15, -0.1) is 0 Å². The zero-order valence-corrected chi connectivity index (χ0v) is 12.0. The minimum atomic E-state index is -0.579. The third-order valence-corrected chi connectivity index (χ3v) is 3.34. The van der Waals surface area contributed by atoms with E-state index in [1.54, 1.807) is 12.1 Å². The van der Waals surface area contributed by atoms with Crippen molar-refractivity contribution in [2.24, 2.45) is 0 Å². The van der Waals surface area contributed by atoms with Crippen molar-refractivity contribution in [3.05, 3.63) is 45.7 Å². The molecule has 0 saturated heterocycles. The van der Waals surface area contributed by atoms with E-state index in [2.05, 4.69) is 20.0 Å². The number of rotatable bonds is 3. The fourth-order valence-corrected chi connectivity index (χ4v) is 1.86. The van der Waals surface area contributed by atoms with Gasteiger partial charge in [0.25, 0.3) is 0 Å². The van der Waals surface area contributed by atoms with Crippen LogP contribution in [0, 0.1) is 9.39 Å². The van der Waals surface area contributed by atoms with Crippen molar-refractivity contribution >= 4 is 40.1 Å². The highest BCUT2D eigenvalue weighted by Gasteiger charge is 2.10. The largest absolute Gasteiger partial charge is 0.464 e. The van der Waals surface area contributed by atoms with Gasteiger partial charge >= 0.3 is 5.97 Å². The lowest BCUT2D eigenvalue weighted by molar-refractivity contribution is 0.0593. The van der Waals surface area contributed by atoms with Crippen LogP contribution in [-0.4, -0.2) is 23.0 Å². The fourth-order valence-electron chi connectivity index (χ4n) is 1.37. The van der Waals surface area contributed by atoms with Crippen LogP contribution in [0.25, 0.3) is 0 Å². The van der Waals surface area contributed by atoms with Crippen molar-refractivity contribution in [2.45, 2.75) is 0 Å². The predicted molar refractivity (Wildman–Crippen MR) is 75.8 cm³/mol. The Labute approximate surface area is 122 Å². The molecule has 0 amide bonds. The maximum Gasteiger partial charge on any atom is 0.358 e. The molecular weight excluding hydrogens is 364 g/mol. The lowest BCUT2D eigenvalue weighted by Gasteiger charge is -2.08. The molecule has 0 aliphatic heterocycles. The second kappa shape index (κ2) is 5.91. The quantitative estimate of drug-likeness (QED) is 0.662. The van der Waals surface area contributed by atoms with Crippen molar-refractivity contribution in [1.82, 2.24) is 9.97 Å². The Morgan fingerprint density at radius 1 is 1.42 bits per heavy atom. The van der Waals surface area contributed by atoms with E-state index in [0.29, 0.717) is 15.1 Å². The molecule has 0 atom stereocenters. The molecule has 2 aromatic rings. The first-order chi connectivity index (χ1) is 9.11. The molecule has 0 unspecified atom stereocenters. The highest BCUT2D eigenvalue weighted by molar-refractivity contribution is 14.1. The van der Waals surface area contributed by atoms with Crippen LogP contribution in [0.5, 0.6) is 0 Å². The van der Waals surface area contributed by atoms with Gasteiger partial charge in [-0.25, -0.2) is 14.2 Å². The molecule has 1 heterocycles. The predicted octanol–water partition coefficient (Wildman–Crippen LogP) is 2.75. The van der Waals surface area contributed by atoms with Crippen LogP contribution in [-0.2, 0) is 4.74 Å². The Morgan fingerprint density at radius 2 is 2.21 bits per heavy atom.